The van der Waals surface area contributed by atoms with Crippen molar-refractivity contribution in [3.8, 4) is 0 Å². The molecule has 6 nitrogen and oxygen atoms in total. The van der Waals surface area contributed by atoms with Crippen LogP contribution in [0.1, 0.15) is 11.1 Å². The first-order valence-corrected chi connectivity index (χ1v) is 15.1. The first-order valence-electron chi connectivity index (χ1n) is 12.2. The van der Waals surface area contributed by atoms with Gasteiger partial charge in [0, 0.05) is 0 Å². The molecule has 2 N–H and O–H groups in total. The van der Waals surface area contributed by atoms with Gasteiger partial charge >= 0.3 is 26.2 Å². The minimum Gasteiger partial charge on any atom is -0.282 e. The van der Waals surface area contributed by atoms with Gasteiger partial charge in [-0.25, -0.2) is 0 Å². The van der Waals surface area contributed by atoms with Gasteiger partial charge in [0.15, 0.2) is 0 Å². The van der Waals surface area contributed by atoms with E-state index in [9.17, 15) is 16.8 Å². The Balaban J connectivity index is 0.000000190. The van der Waals surface area contributed by atoms with Crippen LogP contribution in [0.3, 0.4) is 0 Å². The molecule has 210 valence electrons. The molecule has 0 spiro atoms. The Hall–Kier alpha value is -3.20. The van der Waals surface area contributed by atoms with Gasteiger partial charge in [-0.15, -0.1) is 59.3 Å². The number of hydrogen-bond acceptors (Lipinski definition) is 4. The molecular formula is C32H30O6S2Zr. The van der Waals surface area contributed by atoms with Crippen LogP contribution in [0.4, 0.5) is 0 Å². The van der Waals surface area contributed by atoms with Crippen molar-refractivity contribution in [3.05, 3.63) is 145 Å². The van der Waals surface area contributed by atoms with Gasteiger partial charge in [-0.2, -0.15) is 51.9 Å². The maximum Gasteiger partial charge on any atom is 2.00 e. The van der Waals surface area contributed by atoms with E-state index in [0.717, 1.165) is 11.1 Å². The molecule has 6 rings (SSSR count). The van der Waals surface area contributed by atoms with Crippen molar-refractivity contribution in [1.82, 2.24) is 0 Å². The average molecular weight is 666 g/mol. The molecule has 41 heavy (non-hydrogen) atoms. The van der Waals surface area contributed by atoms with Crippen LogP contribution in [0.5, 0.6) is 0 Å². The van der Waals surface area contributed by atoms with E-state index in [1.54, 1.807) is 24.3 Å². The fourth-order valence-corrected chi connectivity index (χ4v) is 4.52. The summed E-state index contributed by atoms with van der Waals surface area (Å²) in [6.07, 6.45) is 0. The second-order valence-electron chi connectivity index (χ2n) is 8.89. The third-order valence-corrected chi connectivity index (χ3v) is 7.47. The maximum absolute atomic E-state index is 10.5. The second-order valence-corrected chi connectivity index (χ2v) is 11.7. The van der Waals surface area contributed by atoms with Crippen LogP contribution in [0.15, 0.2) is 143 Å². The van der Waals surface area contributed by atoms with Gasteiger partial charge in [-0.3, -0.25) is 9.11 Å². The molecule has 0 fully saturated rings. The first-order chi connectivity index (χ1) is 18.9. The molecule has 0 amide bonds. The molecule has 0 saturated heterocycles. The van der Waals surface area contributed by atoms with Crippen LogP contribution in [0, 0.1) is 13.8 Å². The van der Waals surface area contributed by atoms with Crippen molar-refractivity contribution < 1.29 is 52.1 Å². The van der Waals surface area contributed by atoms with Crippen molar-refractivity contribution in [2.45, 2.75) is 23.6 Å². The molecule has 0 atom stereocenters. The number of aryl methyl sites for hydroxylation is 2. The van der Waals surface area contributed by atoms with E-state index in [0.29, 0.717) is 0 Å². The van der Waals surface area contributed by atoms with Gasteiger partial charge in [-0.05, 0) is 38.1 Å². The molecule has 0 aliphatic rings. The molecule has 6 aromatic carbocycles. The number of hydrogen-bond donors (Lipinski definition) is 2. The summed E-state index contributed by atoms with van der Waals surface area (Å²) in [4.78, 5) is -0.133. The summed E-state index contributed by atoms with van der Waals surface area (Å²) in [6, 6.07) is 41.3. The van der Waals surface area contributed by atoms with E-state index < -0.39 is 20.2 Å². The Bertz CT molecular complexity index is 1650. The van der Waals surface area contributed by atoms with E-state index in [1.165, 1.54) is 45.8 Å². The van der Waals surface area contributed by atoms with Crippen molar-refractivity contribution in [2.24, 2.45) is 0 Å². The Morgan fingerprint density at radius 2 is 0.805 bits per heavy atom. The van der Waals surface area contributed by atoms with Crippen molar-refractivity contribution in [3.63, 3.8) is 0 Å². The largest absolute Gasteiger partial charge is 2.00 e. The van der Waals surface area contributed by atoms with E-state index in [-0.39, 0.29) is 36.0 Å². The fourth-order valence-electron chi connectivity index (χ4n) is 3.56. The van der Waals surface area contributed by atoms with E-state index in [1.807, 2.05) is 13.8 Å². The summed E-state index contributed by atoms with van der Waals surface area (Å²) in [5.41, 5.74) is 1.91. The third-order valence-electron chi connectivity index (χ3n) is 5.73. The molecule has 0 heterocycles. The molecule has 0 aliphatic heterocycles. The molecule has 0 radical (unpaired) electrons. The SMILES string of the molecule is Cc1ccc(S(=O)(=O)O)cc1.Cc1ccc(S(=O)(=O)O)cc1.[Zr+2].c1ccc2[cH-]ccc2c1.c1ccc2[cH-]ccc2c1. The first kappa shape index (κ1) is 34.0. The van der Waals surface area contributed by atoms with Crippen molar-refractivity contribution in [1.29, 1.82) is 0 Å². The van der Waals surface area contributed by atoms with E-state index in [4.69, 9.17) is 9.11 Å². The topological polar surface area (TPSA) is 109 Å². The zero-order valence-corrected chi connectivity index (χ0v) is 26.6. The monoisotopic (exact) mass is 664 g/mol. The summed E-state index contributed by atoms with van der Waals surface area (Å²) in [7, 11) is -8.04. The molecule has 9 heteroatoms. The summed E-state index contributed by atoms with van der Waals surface area (Å²) in [6.45, 7) is 3.68. The standard InChI is InChI=1S/2C9H7.2C7H8O3S.Zr/c2*1-2-5-9-7-3-6-8(9)4-1;2*1-6-2-4-7(5-3-6)11(8,9)10;/h2*1-7H;2*2-5H,1H3,(H,8,9,10);/q2*-1;;;+2. The second kappa shape index (κ2) is 15.7. The Labute approximate surface area is 260 Å². The predicted molar refractivity (Wildman–Crippen MR) is 161 cm³/mol. The molecule has 0 aliphatic carbocycles. The molecule has 0 unspecified atom stereocenters. The maximum atomic E-state index is 10.5. The number of fused-ring (bicyclic) bond motifs is 2. The molecule has 0 bridgehead atoms. The minimum atomic E-state index is -4.02. The summed E-state index contributed by atoms with van der Waals surface area (Å²) in [5.74, 6) is 0. The van der Waals surface area contributed by atoms with Crippen LogP contribution in [0.2, 0.25) is 0 Å². The van der Waals surface area contributed by atoms with Crippen LogP contribution in [-0.4, -0.2) is 25.9 Å². The number of benzene rings is 4. The Morgan fingerprint density at radius 1 is 0.488 bits per heavy atom. The van der Waals surface area contributed by atoms with E-state index >= 15 is 0 Å². The minimum absolute atomic E-state index is 0. The van der Waals surface area contributed by atoms with Gasteiger partial charge in [0.25, 0.3) is 20.2 Å². The van der Waals surface area contributed by atoms with Crippen molar-refractivity contribution in [2.75, 3.05) is 0 Å². The Morgan fingerprint density at radius 3 is 1.10 bits per heavy atom. The Kier molecular flexibility index (Phi) is 13.0. The summed E-state index contributed by atoms with van der Waals surface area (Å²) in [5, 5.41) is 5.32. The van der Waals surface area contributed by atoms with Crippen molar-refractivity contribution >= 4 is 41.8 Å². The molecule has 0 saturated carbocycles. The molecule has 0 aromatic heterocycles. The van der Waals surface area contributed by atoms with Gasteiger partial charge < -0.3 is 0 Å². The van der Waals surface area contributed by atoms with Crippen LogP contribution >= 0.6 is 0 Å². The smallest absolute Gasteiger partial charge is 0.282 e. The quantitative estimate of drug-likeness (QED) is 0.146. The third kappa shape index (κ3) is 11.3. The molecular weight excluding hydrogens is 636 g/mol. The van der Waals surface area contributed by atoms with E-state index in [2.05, 4.69) is 84.9 Å². The molecule has 6 aromatic rings. The zero-order valence-electron chi connectivity index (χ0n) is 22.5. The average Bonchev–Trinajstić information content (AvgIpc) is 3.59. The van der Waals surface area contributed by atoms with Gasteiger partial charge in [-0.1, -0.05) is 47.5 Å². The summed E-state index contributed by atoms with van der Waals surface area (Å²) >= 11 is 0. The summed E-state index contributed by atoms with van der Waals surface area (Å²) < 4.78 is 59.1. The fraction of sp³-hybridized carbons (Fsp3) is 0.0625. The number of rotatable bonds is 2. The van der Waals surface area contributed by atoms with Crippen LogP contribution in [0.25, 0.3) is 21.5 Å². The van der Waals surface area contributed by atoms with Gasteiger partial charge in [0.1, 0.15) is 0 Å². The normalized spacial score (nSPS) is 10.6. The van der Waals surface area contributed by atoms with Gasteiger partial charge in [0.2, 0.25) is 0 Å². The van der Waals surface area contributed by atoms with Crippen LogP contribution in [-0.2, 0) is 46.4 Å². The van der Waals surface area contributed by atoms with Crippen LogP contribution < -0.4 is 0 Å². The van der Waals surface area contributed by atoms with Gasteiger partial charge in [0.05, 0.1) is 9.79 Å². The zero-order chi connectivity index (χ0) is 29.2. The predicted octanol–water partition coefficient (Wildman–Crippen LogP) is 7.60.